The van der Waals surface area contributed by atoms with Crippen LogP contribution in [0.25, 0.3) is 0 Å². The highest BCUT2D eigenvalue weighted by molar-refractivity contribution is 7.89. The van der Waals surface area contributed by atoms with Gasteiger partial charge in [-0.25, -0.2) is 8.42 Å². The van der Waals surface area contributed by atoms with Crippen LogP contribution < -0.4 is 5.32 Å². The van der Waals surface area contributed by atoms with Crippen LogP contribution in [0.1, 0.15) is 11.6 Å². The predicted molar refractivity (Wildman–Crippen MR) is 94.1 cm³/mol. The normalized spacial score (nSPS) is 18.3. The molecule has 1 aliphatic rings. The van der Waals surface area contributed by atoms with E-state index in [2.05, 4.69) is 10.3 Å². The highest BCUT2D eigenvalue weighted by atomic mass is 35.5. The molecule has 3 rings (SSSR count). The fourth-order valence-corrected chi connectivity index (χ4v) is 4.38. The zero-order valence-electron chi connectivity index (χ0n) is 13.1. The fourth-order valence-electron chi connectivity index (χ4n) is 2.72. The summed E-state index contributed by atoms with van der Waals surface area (Å²) in [4.78, 5) is 14.3. The Morgan fingerprint density at radius 1 is 1.28 bits per heavy atom. The number of nitro groups is 1. The van der Waals surface area contributed by atoms with Gasteiger partial charge >= 0.3 is 0 Å². The lowest BCUT2D eigenvalue weighted by molar-refractivity contribution is -0.385. The monoisotopic (exact) mass is 384 g/mol. The zero-order chi connectivity index (χ0) is 17.2. The number of aromatic nitrogens is 1. The Labute approximate surface area is 151 Å². The van der Waals surface area contributed by atoms with Crippen molar-refractivity contribution in [2.45, 2.75) is 10.9 Å². The summed E-state index contributed by atoms with van der Waals surface area (Å²) < 4.78 is 27.4. The minimum atomic E-state index is -3.85. The van der Waals surface area contributed by atoms with Crippen molar-refractivity contribution >= 4 is 28.1 Å². The van der Waals surface area contributed by atoms with Gasteiger partial charge in [0.15, 0.2) is 0 Å². The van der Waals surface area contributed by atoms with Gasteiger partial charge in [-0.3, -0.25) is 15.1 Å². The molecule has 0 aliphatic carbocycles. The molecule has 0 amide bonds. The second-order valence-electron chi connectivity index (χ2n) is 5.38. The van der Waals surface area contributed by atoms with Crippen LogP contribution in [0.2, 0.25) is 0 Å². The number of nitro benzene ring substituents is 1. The molecule has 25 heavy (non-hydrogen) atoms. The van der Waals surface area contributed by atoms with Crippen molar-refractivity contribution in [3.05, 3.63) is 64.5 Å². The first-order chi connectivity index (χ1) is 11.5. The third-order valence-electron chi connectivity index (χ3n) is 3.90. The first-order valence-electron chi connectivity index (χ1n) is 7.37. The molecule has 1 saturated heterocycles. The third kappa shape index (κ3) is 3.96. The Morgan fingerprint density at radius 3 is 2.76 bits per heavy atom. The van der Waals surface area contributed by atoms with Crippen molar-refractivity contribution in [2.24, 2.45) is 0 Å². The maximum Gasteiger partial charge on any atom is 0.270 e. The van der Waals surface area contributed by atoms with Crippen molar-refractivity contribution in [3.63, 3.8) is 0 Å². The van der Waals surface area contributed by atoms with Crippen molar-refractivity contribution in [3.8, 4) is 0 Å². The molecule has 2 heterocycles. The molecule has 1 aromatic carbocycles. The van der Waals surface area contributed by atoms with E-state index in [-0.39, 0.29) is 29.5 Å². The van der Waals surface area contributed by atoms with Crippen LogP contribution in [0, 0.1) is 10.1 Å². The Kier molecular flexibility index (Phi) is 6.07. The Balaban J connectivity index is 0.00000225. The van der Waals surface area contributed by atoms with E-state index in [0.717, 1.165) is 11.6 Å². The number of hydrogen-bond acceptors (Lipinski definition) is 6. The molecule has 1 aliphatic heterocycles. The number of halogens is 1. The van der Waals surface area contributed by atoms with Gasteiger partial charge in [0.05, 0.1) is 15.9 Å². The lowest BCUT2D eigenvalue weighted by atomic mass is 10.1. The number of sulfonamides is 1. The van der Waals surface area contributed by atoms with Gasteiger partial charge in [0, 0.05) is 44.2 Å². The molecule has 134 valence electrons. The van der Waals surface area contributed by atoms with Gasteiger partial charge < -0.3 is 5.32 Å². The molecule has 0 spiro atoms. The summed E-state index contributed by atoms with van der Waals surface area (Å²) in [5.41, 5.74) is 0.530. The number of non-ortho nitro benzene ring substituents is 1. The molecule has 0 bridgehead atoms. The molecule has 10 heteroatoms. The van der Waals surface area contributed by atoms with Crippen molar-refractivity contribution in [1.82, 2.24) is 14.6 Å². The maximum absolute atomic E-state index is 13.0. The van der Waals surface area contributed by atoms with Gasteiger partial charge in [-0.15, -0.1) is 12.4 Å². The molecule has 0 radical (unpaired) electrons. The van der Waals surface area contributed by atoms with E-state index in [4.69, 9.17) is 0 Å². The summed E-state index contributed by atoms with van der Waals surface area (Å²) in [6, 6.07) is 8.30. The van der Waals surface area contributed by atoms with Gasteiger partial charge in [0.2, 0.25) is 10.0 Å². The minimum absolute atomic E-state index is 0. The van der Waals surface area contributed by atoms with E-state index in [9.17, 15) is 18.5 Å². The predicted octanol–water partition coefficient (Wildman–Crippen LogP) is 1.75. The summed E-state index contributed by atoms with van der Waals surface area (Å²) in [5, 5.41) is 14.1. The first-order valence-corrected chi connectivity index (χ1v) is 8.81. The van der Waals surface area contributed by atoms with Crippen LogP contribution in [-0.2, 0) is 10.0 Å². The number of pyridine rings is 1. The van der Waals surface area contributed by atoms with Gasteiger partial charge in [-0.2, -0.15) is 4.31 Å². The molecule has 1 fully saturated rings. The third-order valence-corrected chi connectivity index (χ3v) is 5.80. The number of nitrogens with one attached hydrogen (secondary N) is 1. The molecule has 0 saturated carbocycles. The average Bonchev–Trinajstić information content (AvgIpc) is 2.62. The highest BCUT2D eigenvalue weighted by Gasteiger charge is 2.35. The number of hydrogen-bond donors (Lipinski definition) is 1. The number of nitrogens with zero attached hydrogens (tertiary/aromatic N) is 3. The molecule has 1 unspecified atom stereocenters. The smallest absolute Gasteiger partial charge is 0.270 e. The van der Waals surface area contributed by atoms with Crippen molar-refractivity contribution in [2.75, 3.05) is 19.6 Å². The number of benzene rings is 1. The summed E-state index contributed by atoms with van der Waals surface area (Å²) >= 11 is 0. The van der Waals surface area contributed by atoms with Gasteiger partial charge in [0.1, 0.15) is 0 Å². The van der Waals surface area contributed by atoms with E-state index >= 15 is 0 Å². The lowest BCUT2D eigenvalue weighted by Crippen LogP contribution is -2.48. The summed E-state index contributed by atoms with van der Waals surface area (Å²) in [6.45, 7) is 1.26. The number of piperazine rings is 1. The van der Waals surface area contributed by atoms with Crippen LogP contribution >= 0.6 is 12.4 Å². The number of rotatable bonds is 4. The molecule has 2 aromatic rings. The van der Waals surface area contributed by atoms with Crippen LogP contribution in [-0.4, -0.2) is 42.3 Å². The standard InChI is InChI=1S/C15H16N4O4S.ClH/c20-19(21)13-4-1-5-14(9-13)24(22,23)18-8-7-17-11-15(18)12-3-2-6-16-10-12;/h1-6,9-10,15,17H,7-8,11H2;1H. The van der Waals surface area contributed by atoms with Crippen molar-refractivity contribution < 1.29 is 13.3 Å². The molecular formula is C15H17ClN4O4S. The molecule has 1 N–H and O–H groups in total. The maximum atomic E-state index is 13.0. The van der Waals surface area contributed by atoms with E-state index in [1.54, 1.807) is 18.5 Å². The SMILES string of the molecule is Cl.O=[N+]([O-])c1cccc(S(=O)(=O)N2CCNCC2c2cccnc2)c1. The zero-order valence-corrected chi connectivity index (χ0v) is 14.7. The summed E-state index contributed by atoms with van der Waals surface area (Å²) in [7, 11) is -3.85. The average molecular weight is 385 g/mol. The van der Waals surface area contributed by atoms with Gasteiger partial charge in [0.25, 0.3) is 5.69 Å². The summed E-state index contributed by atoms with van der Waals surface area (Å²) in [5.74, 6) is 0. The quantitative estimate of drug-likeness (QED) is 0.635. The Morgan fingerprint density at radius 2 is 2.08 bits per heavy atom. The van der Waals surface area contributed by atoms with E-state index in [1.165, 1.54) is 22.5 Å². The highest BCUT2D eigenvalue weighted by Crippen LogP contribution is 2.29. The van der Waals surface area contributed by atoms with Crippen LogP contribution in [0.15, 0.2) is 53.7 Å². The first kappa shape index (κ1) is 19.3. The van der Waals surface area contributed by atoms with Crippen LogP contribution in [0.4, 0.5) is 5.69 Å². The largest absolute Gasteiger partial charge is 0.313 e. The molecule has 8 nitrogen and oxygen atoms in total. The topological polar surface area (TPSA) is 105 Å². The van der Waals surface area contributed by atoms with Gasteiger partial charge in [-0.1, -0.05) is 12.1 Å². The fraction of sp³-hybridized carbons (Fsp3) is 0.267. The molecule has 1 aromatic heterocycles. The minimum Gasteiger partial charge on any atom is -0.313 e. The van der Waals surface area contributed by atoms with Gasteiger partial charge in [-0.05, 0) is 17.7 Å². The second kappa shape index (κ2) is 7.87. The van der Waals surface area contributed by atoms with Crippen LogP contribution in [0.3, 0.4) is 0 Å². The van der Waals surface area contributed by atoms with E-state index in [0.29, 0.717) is 13.1 Å². The Hall–Kier alpha value is -2.07. The lowest BCUT2D eigenvalue weighted by Gasteiger charge is -2.35. The molecule has 1 atom stereocenters. The molecular weight excluding hydrogens is 368 g/mol. The van der Waals surface area contributed by atoms with Crippen LogP contribution in [0.5, 0.6) is 0 Å². The Bertz CT molecular complexity index is 848. The van der Waals surface area contributed by atoms with E-state index in [1.807, 2.05) is 6.07 Å². The summed E-state index contributed by atoms with van der Waals surface area (Å²) in [6.07, 6.45) is 3.26. The van der Waals surface area contributed by atoms with Crippen molar-refractivity contribution in [1.29, 1.82) is 0 Å². The second-order valence-corrected chi connectivity index (χ2v) is 7.27. The van der Waals surface area contributed by atoms with E-state index < -0.39 is 21.0 Å².